The van der Waals surface area contributed by atoms with Gasteiger partial charge in [-0.1, -0.05) is 37.3 Å². The molecule has 1 aromatic rings. The first-order valence-corrected chi connectivity index (χ1v) is 7.56. The number of amides is 1. The molecule has 1 aromatic carbocycles. The highest BCUT2D eigenvalue weighted by Crippen LogP contribution is 2.34. The second-order valence-corrected chi connectivity index (χ2v) is 6.09. The van der Waals surface area contributed by atoms with Gasteiger partial charge in [0.1, 0.15) is 0 Å². The van der Waals surface area contributed by atoms with Crippen LogP contribution >= 0.6 is 0 Å². The number of aliphatic carboxylic acids is 1. The topological polar surface area (TPSA) is 57.6 Å². The Morgan fingerprint density at radius 2 is 2.00 bits per heavy atom. The van der Waals surface area contributed by atoms with E-state index in [1.807, 2.05) is 23.1 Å². The summed E-state index contributed by atoms with van der Waals surface area (Å²) in [5.74, 6) is -0.576. The van der Waals surface area contributed by atoms with Gasteiger partial charge in [0.25, 0.3) is 0 Å². The number of unbranched alkanes of at least 4 members (excludes halogenated alkanes) is 1. The summed E-state index contributed by atoms with van der Waals surface area (Å²) < 4.78 is 0. The molecule has 0 aromatic heterocycles. The number of hydrogen-bond donors (Lipinski definition) is 1. The van der Waals surface area contributed by atoms with Crippen LogP contribution in [0.2, 0.25) is 0 Å². The van der Waals surface area contributed by atoms with Crippen molar-refractivity contribution in [3.8, 4) is 0 Å². The van der Waals surface area contributed by atoms with E-state index in [1.54, 1.807) is 0 Å². The van der Waals surface area contributed by atoms with Crippen molar-refractivity contribution in [2.45, 2.75) is 44.4 Å². The van der Waals surface area contributed by atoms with Crippen molar-refractivity contribution in [3.63, 3.8) is 0 Å². The van der Waals surface area contributed by atoms with E-state index in [-0.39, 0.29) is 17.7 Å². The highest BCUT2D eigenvalue weighted by atomic mass is 16.4. The lowest BCUT2D eigenvalue weighted by molar-refractivity contribution is -0.137. The summed E-state index contributed by atoms with van der Waals surface area (Å²) in [5.41, 5.74) is 1.27. The van der Waals surface area contributed by atoms with Crippen LogP contribution in [0.1, 0.15) is 44.6 Å². The van der Waals surface area contributed by atoms with Crippen LogP contribution in [0, 0.1) is 0 Å². The molecule has 4 heteroatoms. The predicted octanol–water partition coefficient (Wildman–Crippen LogP) is 2.82. The zero-order valence-electron chi connectivity index (χ0n) is 12.5. The summed E-state index contributed by atoms with van der Waals surface area (Å²) in [7, 11) is 0. The fraction of sp³-hybridized carbons (Fsp3) is 0.529. The summed E-state index contributed by atoms with van der Waals surface area (Å²) >= 11 is 0. The molecule has 0 unspecified atom stereocenters. The Kier molecular flexibility index (Phi) is 4.99. The molecule has 0 radical (unpaired) electrons. The van der Waals surface area contributed by atoms with Crippen LogP contribution < -0.4 is 0 Å². The zero-order valence-corrected chi connectivity index (χ0v) is 12.5. The third-order valence-electron chi connectivity index (χ3n) is 4.32. The van der Waals surface area contributed by atoms with E-state index in [0.717, 1.165) is 19.4 Å². The number of carboxylic acids is 1. The summed E-state index contributed by atoms with van der Waals surface area (Å²) in [6.07, 6.45) is 3.01. The van der Waals surface area contributed by atoms with Crippen molar-refractivity contribution in [2.75, 3.05) is 13.1 Å². The molecular weight excluding hydrogens is 266 g/mol. The molecule has 4 nitrogen and oxygen atoms in total. The third kappa shape index (κ3) is 4.06. The molecule has 1 amide bonds. The van der Waals surface area contributed by atoms with Crippen LogP contribution in [0.15, 0.2) is 30.3 Å². The molecule has 21 heavy (non-hydrogen) atoms. The van der Waals surface area contributed by atoms with Crippen molar-refractivity contribution in [3.05, 3.63) is 35.9 Å². The predicted molar refractivity (Wildman–Crippen MR) is 81.1 cm³/mol. The molecule has 114 valence electrons. The summed E-state index contributed by atoms with van der Waals surface area (Å²) in [6.45, 7) is 3.59. The Morgan fingerprint density at radius 3 is 2.67 bits per heavy atom. The van der Waals surface area contributed by atoms with Crippen molar-refractivity contribution in [1.29, 1.82) is 0 Å². The maximum Gasteiger partial charge on any atom is 0.303 e. The lowest BCUT2D eigenvalue weighted by Gasteiger charge is -2.40. The monoisotopic (exact) mass is 289 g/mol. The molecule has 1 fully saturated rings. The van der Waals surface area contributed by atoms with Gasteiger partial charge in [0.2, 0.25) is 5.91 Å². The summed E-state index contributed by atoms with van der Waals surface area (Å²) in [6, 6.07) is 10.3. The van der Waals surface area contributed by atoms with Crippen molar-refractivity contribution in [1.82, 2.24) is 4.90 Å². The minimum absolute atomic E-state index is 0.00195. The Bertz CT molecular complexity index is 500. The fourth-order valence-electron chi connectivity index (χ4n) is 2.99. The molecule has 2 rings (SSSR count). The van der Waals surface area contributed by atoms with Crippen molar-refractivity contribution in [2.24, 2.45) is 0 Å². The Hall–Kier alpha value is -1.84. The Labute approximate surface area is 125 Å². The molecule has 1 heterocycles. The van der Waals surface area contributed by atoms with Crippen LogP contribution in [0.25, 0.3) is 0 Å². The van der Waals surface area contributed by atoms with Crippen LogP contribution in [0.4, 0.5) is 0 Å². The number of carboxylic acid groups (broad SMARTS) is 1. The van der Waals surface area contributed by atoms with Gasteiger partial charge in [-0.25, -0.2) is 0 Å². The maximum absolute atomic E-state index is 12.1. The Morgan fingerprint density at radius 1 is 1.29 bits per heavy atom. The molecule has 1 saturated heterocycles. The van der Waals surface area contributed by atoms with Gasteiger partial charge in [-0.05, 0) is 24.8 Å². The normalized spacial score (nSPS) is 22.3. The smallest absolute Gasteiger partial charge is 0.303 e. The molecular formula is C17H23NO3. The molecule has 0 bridgehead atoms. The maximum atomic E-state index is 12.1. The molecule has 1 N–H and O–H groups in total. The van der Waals surface area contributed by atoms with Crippen LogP contribution in [-0.2, 0) is 15.0 Å². The van der Waals surface area contributed by atoms with E-state index < -0.39 is 5.97 Å². The van der Waals surface area contributed by atoms with E-state index in [1.165, 1.54) is 5.56 Å². The highest BCUT2D eigenvalue weighted by Gasteiger charge is 2.35. The van der Waals surface area contributed by atoms with Gasteiger partial charge in [-0.15, -0.1) is 0 Å². The third-order valence-corrected chi connectivity index (χ3v) is 4.32. The number of likely N-dealkylation sites (tertiary alicyclic amines) is 1. The number of benzene rings is 1. The van der Waals surface area contributed by atoms with Crippen LogP contribution in [0.5, 0.6) is 0 Å². The number of nitrogens with zero attached hydrogens (tertiary/aromatic N) is 1. The summed E-state index contributed by atoms with van der Waals surface area (Å²) in [5, 5.41) is 8.65. The quantitative estimate of drug-likeness (QED) is 0.819. The van der Waals surface area contributed by atoms with Crippen LogP contribution in [-0.4, -0.2) is 35.0 Å². The average Bonchev–Trinajstić information content (AvgIpc) is 2.48. The number of piperidine rings is 1. The zero-order chi connectivity index (χ0) is 15.3. The van der Waals surface area contributed by atoms with Gasteiger partial charge in [0.15, 0.2) is 0 Å². The first-order chi connectivity index (χ1) is 10.0. The van der Waals surface area contributed by atoms with Gasteiger partial charge in [-0.3, -0.25) is 9.59 Å². The van der Waals surface area contributed by atoms with E-state index in [4.69, 9.17) is 5.11 Å². The highest BCUT2D eigenvalue weighted by molar-refractivity contribution is 5.77. The lowest BCUT2D eigenvalue weighted by Crippen LogP contribution is -2.47. The number of hydrogen-bond acceptors (Lipinski definition) is 2. The second kappa shape index (κ2) is 6.74. The minimum atomic E-state index is -0.769. The Balaban J connectivity index is 1.96. The van der Waals surface area contributed by atoms with E-state index in [2.05, 4.69) is 19.1 Å². The van der Waals surface area contributed by atoms with Gasteiger partial charge in [0.05, 0.1) is 0 Å². The molecule has 1 aliphatic rings. The second-order valence-electron chi connectivity index (χ2n) is 6.09. The van der Waals surface area contributed by atoms with Gasteiger partial charge < -0.3 is 10.0 Å². The van der Waals surface area contributed by atoms with E-state index in [0.29, 0.717) is 19.4 Å². The number of rotatable bonds is 6. The average molecular weight is 289 g/mol. The fourth-order valence-corrected chi connectivity index (χ4v) is 2.99. The first-order valence-electron chi connectivity index (χ1n) is 7.56. The van der Waals surface area contributed by atoms with Crippen LogP contribution in [0.3, 0.4) is 0 Å². The van der Waals surface area contributed by atoms with Gasteiger partial charge >= 0.3 is 5.97 Å². The summed E-state index contributed by atoms with van der Waals surface area (Å²) in [4.78, 5) is 24.5. The minimum Gasteiger partial charge on any atom is -0.481 e. The van der Waals surface area contributed by atoms with E-state index in [9.17, 15) is 9.59 Å². The molecule has 1 atom stereocenters. The standard InChI is InChI=1S/C17H23NO3/c1-17(14-7-3-2-4-8-14)11-10-15(19)18(13-17)12-6-5-9-16(20)21/h2-4,7-8H,5-6,9-13H2,1H3,(H,20,21)/t17-/m1/s1. The SMILES string of the molecule is C[C@@]1(c2ccccc2)CCC(=O)N(CCCCC(=O)O)C1. The molecule has 1 aliphatic heterocycles. The van der Waals surface area contributed by atoms with Gasteiger partial charge in [0, 0.05) is 31.3 Å². The number of carbonyl (C=O) groups excluding carboxylic acids is 1. The first kappa shape index (κ1) is 15.5. The number of carbonyl (C=O) groups is 2. The van der Waals surface area contributed by atoms with Crippen molar-refractivity contribution < 1.29 is 14.7 Å². The van der Waals surface area contributed by atoms with Crippen molar-refractivity contribution >= 4 is 11.9 Å². The lowest BCUT2D eigenvalue weighted by atomic mass is 9.75. The van der Waals surface area contributed by atoms with Gasteiger partial charge in [-0.2, -0.15) is 0 Å². The molecule has 0 saturated carbocycles. The molecule has 0 aliphatic carbocycles. The molecule has 0 spiro atoms. The largest absolute Gasteiger partial charge is 0.481 e. The van der Waals surface area contributed by atoms with E-state index >= 15 is 0 Å².